The van der Waals surface area contributed by atoms with E-state index in [1.807, 2.05) is 6.92 Å². The number of aromatic nitrogens is 4. The Kier molecular flexibility index (Phi) is 3.26. The molecule has 1 unspecified atom stereocenters. The maximum Gasteiger partial charge on any atom is 0.453 e. The third-order valence-electron chi connectivity index (χ3n) is 3.93. The second-order valence-electron chi connectivity index (χ2n) is 5.55. The highest BCUT2D eigenvalue weighted by Crippen LogP contribution is 2.31. The van der Waals surface area contributed by atoms with Crippen LogP contribution >= 0.6 is 0 Å². The second-order valence-corrected chi connectivity index (χ2v) is 5.55. The van der Waals surface area contributed by atoms with Crippen LogP contribution in [0.5, 0.6) is 0 Å². The minimum absolute atomic E-state index is 0.0364. The van der Waals surface area contributed by atoms with Crippen molar-refractivity contribution in [2.24, 2.45) is 5.92 Å². The summed E-state index contributed by atoms with van der Waals surface area (Å²) in [7, 11) is 0. The van der Waals surface area contributed by atoms with E-state index in [4.69, 9.17) is 0 Å². The van der Waals surface area contributed by atoms with Gasteiger partial charge in [0.2, 0.25) is 0 Å². The van der Waals surface area contributed by atoms with Crippen molar-refractivity contribution in [1.82, 2.24) is 19.6 Å². The highest BCUT2D eigenvalue weighted by atomic mass is 19.4. The Morgan fingerprint density at radius 3 is 2.62 bits per heavy atom. The van der Waals surface area contributed by atoms with Gasteiger partial charge in [-0.15, -0.1) is 5.10 Å². The van der Waals surface area contributed by atoms with E-state index in [0.717, 1.165) is 17.4 Å². The third kappa shape index (κ3) is 2.66. The highest BCUT2D eigenvalue weighted by Gasteiger charge is 2.37. The van der Waals surface area contributed by atoms with Crippen LogP contribution in [0.4, 0.5) is 19.0 Å². The molecule has 0 radical (unpaired) electrons. The molecule has 1 atom stereocenters. The fraction of sp³-hybridized carbons (Fsp3) is 0.615. The molecule has 0 saturated heterocycles. The molecule has 1 aliphatic carbocycles. The van der Waals surface area contributed by atoms with E-state index in [1.54, 1.807) is 13.0 Å². The summed E-state index contributed by atoms with van der Waals surface area (Å²) in [6.07, 6.45) is -1.07. The largest absolute Gasteiger partial charge is 0.453 e. The van der Waals surface area contributed by atoms with Gasteiger partial charge in [0.1, 0.15) is 5.82 Å². The van der Waals surface area contributed by atoms with Crippen LogP contribution in [0.15, 0.2) is 6.07 Å². The van der Waals surface area contributed by atoms with E-state index in [1.165, 1.54) is 6.42 Å². The quantitative estimate of drug-likeness (QED) is 0.946. The van der Waals surface area contributed by atoms with Crippen molar-refractivity contribution >= 4 is 11.6 Å². The Hall–Kier alpha value is -1.86. The molecule has 3 rings (SSSR count). The Morgan fingerprint density at radius 2 is 2.05 bits per heavy atom. The molecule has 114 valence electrons. The van der Waals surface area contributed by atoms with Crippen LogP contribution in [0.25, 0.3) is 5.78 Å². The number of nitrogens with one attached hydrogen (secondary N) is 1. The number of hydrogen-bond acceptors (Lipinski definition) is 4. The predicted octanol–water partition coefficient (Wildman–Crippen LogP) is 3.05. The van der Waals surface area contributed by atoms with Gasteiger partial charge in [-0.05, 0) is 32.6 Å². The predicted molar refractivity (Wildman–Crippen MR) is 70.9 cm³/mol. The first-order chi connectivity index (χ1) is 9.84. The average Bonchev–Trinajstić information content (AvgIpc) is 2.69. The lowest BCUT2D eigenvalue weighted by molar-refractivity contribution is -0.144. The molecule has 0 aliphatic heterocycles. The molecular weight excluding hydrogens is 283 g/mol. The zero-order valence-electron chi connectivity index (χ0n) is 11.8. The van der Waals surface area contributed by atoms with Crippen molar-refractivity contribution in [2.45, 2.75) is 45.3 Å². The minimum atomic E-state index is -4.57. The van der Waals surface area contributed by atoms with Gasteiger partial charge < -0.3 is 5.32 Å². The van der Waals surface area contributed by atoms with E-state index < -0.39 is 12.0 Å². The van der Waals surface area contributed by atoms with Crippen LogP contribution in [0.3, 0.4) is 0 Å². The highest BCUT2D eigenvalue weighted by molar-refractivity contribution is 5.46. The third-order valence-corrected chi connectivity index (χ3v) is 3.93. The van der Waals surface area contributed by atoms with Gasteiger partial charge in [-0.3, -0.25) is 0 Å². The molecule has 21 heavy (non-hydrogen) atoms. The van der Waals surface area contributed by atoms with E-state index >= 15 is 0 Å². The number of aryl methyl sites for hydroxylation is 1. The maximum atomic E-state index is 12.7. The van der Waals surface area contributed by atoms with Crippen molar-refractivity contribution in [3.8, 4) is 0 Å². The van der Waals surface area contributed by atoms with E-state index in [0.29, 0.717) is 17.4 Å². The fourth-order valence-electron chi connectivity index (χ4n) is 2.50. The molecule has 1 aliphatic rings. The molecule has 0 aromatic carbocycles. The molecule has 5 nitrogen and oxygen atoms in total. The molecule has 2 heterocycles. The summed E-state index contributed by atoms with van der Waals surface area (Å²) < 4.78 is 39.3. The first-order valence-corrected chi connectivity index (χ1v) is 6.93. The maximum absolute atomic E-state index is 12.7. The summed E-state index contributed by atoms with van der Waals surface area (Å²) in [4.78, 5) is 7.47. The molecular formula is C13H16F3N5. The first-order valence-electron chi connectivity index (χ1n) is 6.93. The number of halogens is 3. The topological polar surface area (TPSA) is 55.1 Å². The van der Waals surface area contributed by atoms with Crippen LogP contribution < -0.4 is 5.32 Å². The van der Waals surface area contributed by atoms with Crippen molar-refractivity contribution < 1.29 is 13.2 Å². The van der Waals surface area contributed by atoms with Crippen LogP contribution in [0.2, 0.25) is 0 Å². The lowest BCUT2D eigenvalue weighted by Gasteiger charge is -2.32. The van der Waals surface area contributed by atoms with E-state index in [9.17, 15) is 13.2 Å². The summed E-state index contributed by atoms with van der Waals surface area (Å²) in [5.41, 5.74) is 0.604. The van der Waals surface area contributed by atoms with Crippen molar-refractivity contribution in [2.75, 3.05) is 5.32 Å². The normalized spacial score (nSPS) is 17.8. The van der Waals surface area contributed by atoms with Gasteiger partial charge in [-0.2, -0.15) is 22.7 Å². The molecule has 1 saturated carbocycles. The van der Waals surface area contributed by atoms with Gasteiger partial charge in [0.05, 0.1) is 0 Å². The smallest absolute Gasteiger partial charge is 0.367 e. The summed E-state index contributed by atoms with van der Waals surface area (Å²) in [5.74, 6) is -0.149. The number of anilines is 1. The Balaban J connectivity index is 1.98. The first kappa shape index (κ1) is 14.1. The zero-order chi connectivity index (χ0) is 15.2. The Morgan fingerprint density at radius 1 is 1.33 bits per heavy atom. The van der Waals surface area contributed by atoms with E-state index in [2.05, 4.69) is 20.4 Å². The van der Waals surface area contributed by atoms with Crippen molar-refractivity contribution in [1.29, 1.82) is 0 Å². The van der Waals surface area contributed by atoms with Gasteiger partial charge in [-0.1, -0.05) is 6.42 Å². The summed E-state index contributed by atoms with van der Waals surface area (Å²) >= 11 is 0. The second kappa shape index (κ2) is 4.85. The summed E-state index contributed by atoms with van der Waals surface area (Å²) in [6, 6.07) is 1.87. The van der Waals surface area contributed by atoms with Gasteiger partial charge in [0.15, 0.2) is 0 Å². The number of hydrogen-bond donors (Lipinski definition) is 1. The Bertz CT molecular complexity index is 660. The molecule has 0 bridgehead atoms. The van der Waals surface area contributed by atoms with Gasteiger partial charge in [0.25, 0.3) is 11.6 Å². The fourth-order valence-corrected chi connectivity index (χ4v) is 2.50. The molecule has 8 heteroatoms. The number of nitrogens with zero attached hydrogens (tertiary/aromatic N) is 4. The molecule has 0 amide bonds. The monoisotopic (exact) mass is 299 g/mol. The molecule has 1 N–H and O–H groups in total. The van der Waals surface area contributed by atoms with Crippen LogP contribution in [0, 0.1) is 12.8 Å². The van der Waals surface area contributed by atoms with Gasteiger partial charge in [-0.25, -0.2) is 4.98 Å². The van der Waals surface area contributed by atoms with E-state index in [-0.39, 0.29) is 11.8 Å². The zero-order valence-corrected chi connectivity index (χ0v) is 11.8. The minimum Gasteiger partial charge on any atom is -0.367 e. The standard InChI is InChI=1S/C13H16F3N5/c1-7-6-10(18-8(2)9-4-3-5-9)21-12(17-7)19-11(20-21)13(14,15)16/h6,8-9,18H,3-5H2,1-2H3. The number of fused-ring (bicyclic) bond motifs is 1. The lowest BCUT2D eigenvalue weighted by Crippen LogP contribution is -2.31. The van der Waals surface area contributed by atoms with Crippen molar-refractivity contribution in [3.63, 3.8) is 0 Å². The van der Waals surface area contributed by atoms with Crippen LogP contribution in [0.1, 0.15) is 37.7 Å². The van der Waals surface area contributed by atoms with Gasteiger partial charge in [0, 0.05) is 17.8 Å². The number of alkyl halides is 3. The van der Waals surface area contributed by atoms with Crippen LogP contribution in [-0.2, 0) is 6.18 Å². The average molecular weight is 299 g/mol. The van der Waals surface area contributed by atoms with Gasteiger partial charge >= 0.3 is 6.18 Å². The molecule has 1 fully saturated rings. The number of rotatable bonds is 3. The molecule has 0 spiro atoms. The van der Waals surface area contributed by atoms with Crippen LogP contribution in [-0.4, -0.2) is 25.6 Å². The SMILES string of the molecule is Cc1cc(NC(C)C2CCC2)n2nc(C(F)(F)F)nc2n1. The lowest BCUT2D eigenvalue weighted by atomic mass is 9.80. The Labute approximate surface area is 119 Å². The summed E-state index contributed by atoms with van der Waals surface area (Å²) in [6.45, 7) is 3.76. The van der Waals surface area contributed by atoms with Crippen molar-refractivity contribution in [3.05, 3.63) is 17.6 Å². The molecule has 2 aromatic rings. The molecule has 2 aromatic heterocycles. The summed E-state index contributed by atoms with van der Waals surface area (Å²) in [5, 5.41) is 6.78.